The van der Waals surface area contributed by atoms with Crippen molar-refractivity contribution in [3.05, 3.63) is 104 Å². The third-order valence-electron chi connectivity index (χ3n) is 4.78. The Labute approximate surface area is 162 Å². The minimum absolute atomic E-state index is 0.0236. The number of aryl methyl sites for hydroxylation is 2. The third kappa shape index (κ3) is 3.70. The van der Waals surface area contributed by atoms with Crippen molar-refractivity contribution >= 4 is 17.0 Å². The van der Waals surface area contributed by atoms with Crippen LogP contribution in [0, 0.1) is 13.8 Å². The van der Waals surface area contributed by atoms with E-state index in [9.17, 15) is 4.79 Å². The molecule has 27 heavy (non-hydrogen) atoms. The number of benzene rings is 1. The van der Waals surface area contributed by atoms with Gasteiger partial charge in [0.1, 0.15) is 23.9 Å². The SMILES string of the molecule is Cc1ccc([C@H]([NH2+]Cc2cc(=O)n3c(C)cccc3n2)c2cccs2)cc1. The van der Waals surface area contributed by atoms with E-state index in [0.29, 0.717) is 12.2 Å². The molecule has 0 aliphatic rings. The van der Waals surface area contributed by atoms with Gasteiger partial charge in [0.25, 0.3) is 5.56 Å². The van der Waals surface area contributed by atoms with Crippen molar-refractivity contribution in [2.24, 2.45) is 0 Å². The molecule has 5 heteroatoms. The van der Waals surface area contributed by atoms with Crippen LogP contribution in [0.25, 0.3) is 5.65 Å². The molecule has 0 bridgehead atoms. The molecule has 4 aromatic rings. The van der Waals surface area contributed by atoms with Crippen molar-refractivity contribution in [3.63, 3.8) is 0 Å². The minimum Gasteiger partial charge on any atom is -0.331 e. The lowest BCUT2D eigenvalue weighted by atomic mass is 10.0. The lowest BCUT2D eigenvalue weighted by Crippen LogP contribution is -2.84. The summed E-state index contributed by atoms with van der Waals surface area (Å²) in [4.78, 5) is 18.5. The Morgan fingerprint density at radius 2 is 1.89 bits per heavy atom. The van der Waals surface area contributed by atoms with E-state index in [-0.39, 0.29) is 11.6 Å². The molecular formula is C22H22N3OS+. The second-order valence-corrected chi connectivity index (χ2v) is 7.77. The van der Waals surface area contributed by atoms with Gasteiger partial charge in [-0.2, -0.15) is 0 Å². The average molecular weight is 377 g/mol. The van der Waals surface area contributed by atoms with Gasteiger partial charge < -0.3 is 5.32 Å². The maximum Gasteiger partial charge on any atom is 0.258 e. The fraction of sp³-hybridized carbons (Fsp3) is 0.182. The van der Waals surface area contributed by atoms with Crippen LogP contribution in [0.5, 0.6) is 0 Å². The molecule has 0 saturated carbocycles. The van der Waals surface area contributed by atoms with Crippen molar-refractivity contribution < 1.29 is 5.32 Å². The third-order valence-corrected chi connectivity index (χ3v) is 5.74. The summed E-state index contributed by atoms with van der Waals surface area (Å²) in [5.74, 6) is 0. The highest BCUT2D eigenvalue weighted by atomic mass is 32.1. The molecule has 1 aromatic carbocycles. The van der Waals surface area contributed by atoms with Gasteiger partial charge >= 0.3 is 0 Å². The van der Waals surface area contributed by atoms with E-state index in [4.69, 9.17) is 4.98 Å². The number of nitrogens with zero attached hydrogens (tertiary/aromatic N) is 2. The van der Waals surface area contributed by atoms with Gasteiger partial charge in [-0.3, -0.25) is 9.20 Å². The summed E-state index contributed by atoms with van der Waals surface area (Å²) in [7, 11) is 0. The summed E-state index contributed by atoms with van der Waals surface area (Å²) in [6.45, 7) is 4.67. The Morgan fingerprint density at radius 3 is 2.63 bits per heavy atom. The first-order valence-electron chi connectivity index (χ1n) is 9.03. The van der Waals surface area contributed by atoms with E-state index < -0.39 is 0 Å². The quantitative estimate of drug-likeness (QED) is 0.581. The van der Waals surface area contributed by atoms with Crippen LogP contribution >= 0.6 is 11.3 Å². The number of rotatable bonds is 5. The molecule has 0 spiro atoms. The highest BCUT2D eigenvalue weighted by molar-refractivity contribution is 7.10. The molecule has 3 aromatic heterocycles. The maximum atomic E-state index is 12.5. The van der Waals surface area contributed by atoms with Crippen LogP contribution < -0.4 is 10.9 Å². The van der Waals surface area contributed by atoms with Gasteiger partial charge in [-0.1, -0.05) is 42.0 Å². The summed E-state index contributed by atoms with van der Waals surface area (Å²) in [6.07, 6.45) is 0. The van der Waals surface area contributed by atoms with Crippen LogP contribution in [0.2, 0.25) is 0 Å². The normalized spacial score (nSPS) is 12.4. The summed E-state index contributed by atoms with van der Waals surface area (Å²) in [5.41, 5.74) is 4.90. The zero-order chi connectivity index (χ0) is 18.8. The van der Waals surface area contributed by atoms with E-state index in [1.165, 1.54) is 16.0 Å². The highest BCUT2D eigenvalue weighted by Crippen LogP contribution is 2.23. The molecule has 4 nitrogen and oxygen atoms in total. The Bertz CT molecular complexity index is 1110. The Balaban J connectivity index is 1.64. The molecule has 0 radical (unpaired) electrons. The van der Waals surface area contributed by atoms with Crippen LogP contribution in [0.15, 0.2) is 70.8 Å². The fourth-order valence-corrected chi connectivity index (χ4v) is 4.22. The first kappa shape index (κ1) is 17.6. The van der Waals surface area contributed by atoms with E-state index in [0.717, 1.165) is 11.4 Å². The van der Waals surface area contributed by atoms with Gasteiger partial charge in [-0.05, 0) is 37.4 Å². The Hall–Kier alpha value is -2.76. The molecule has 4 rings (SSSR count). The van der Waals surface area contributed by atoms with Gasteiger partial charge in [0.05, 0.1) is 4.88 Å². The molecular weight excluding hydrogens is 354 g/mol. The van der Waals surface area contributed by atoms with Crippen molar-refractivity contribution in [3.8, 4) is 0 Å². The predicted octanol–water partition coefficient (Wildman–Crippen LogP) is 3.23. The fourth-order valence-electron chi connectivity index (χ4n) is 3.37. The number of nitrogens with two attached hydrogens (primary N) is 1. The predicted molar refractivity (Wildman–Crippen MR) is 109 cm³/mol. The second kappa shape index (κ2) is 7.47. The highest BCUT2D eigenvalue weighted by Gasteiger charge is 2.19. The molecule has 1 atom stereocenters. The first-order chi connectivity index (χ1) is 13.1. The van der Waals surface area contributed by atoms with Gasteiger partial charge in [-0.25, -0.2) is 4.98 Å². The number of hydrogen-bond donors (Lipinski definition) is 1. The van der Waals surface area contributed by atoms with Crippen molar-refractivity contribution in [1.29, 1.82) is 0 Å². The van der Waals surface area contributed by atoms with E-state index >= 15 is 0 Å². The minimum atomic E-state index is -0.0236. The summed E-state index contributed by atoms with van der Waals surface area (Å²) >= 11 is 1.76. The molecule has 3 heterocycles. The lowest BCUT2D eigenvalue weighted by Gasteiger charge is -2.15. The molecule has 0 amide bonds. The van der Waals surface area contributed by atoms with Gasteiger partial charge in [0.15, 0.2) is 0 Å². The largest absolute Gasteiger partial charge is 0.331 e. The molecule has 0 aliphatic heterocycles. The monoisotopic (exact) mass is 376 g/mol. The first-order valence-corrected chi connectivity index (χ1v) is 9.91. The number of fused-ring (bicyclic) bond motifs is 1. The summed E-state index contributed by atoms with van der Waals surface area (Å²) in [5, 5.41) is 4.36. The number of thiophene rings is 1. The average Bonchev–Trinajstić information content (AvgIpc) is 3.17. The molecule has 2 N–H and O–H groups in total. The van der Waals surface area contributed by atoms with Crippen LogP contribution in [0.1, 0.15) is 33.4 Å². The lowest BCUT2D eigenvalue weighted by molar-refractivity contribution is -0.702. The molecule has 0 aliphatic carbocycles. The Kier molecular flexibility index (Phi) is 4.88. The van der Waals surface area contributed by atoms with E-state index in [2.05, 4.69) is 54.0 Å². The topological polar surface area (TPSA) is 51.0 Å². The van der Waals surface area contributed by atoms with Crippen LogP contribution in [0.4, 0.5) is 0 Å². The van der Waals surface area contributed by atoms with E-state index in [1.807, 2.05) is 25.1 Å². The Morgan fingerprint density at radius 1 is 1.07 bits per heavy atom. The van der Waals surface area contributed by atoms with Gasteiger partial charge in [0, 0.05) is 17.3 Å². The standard InChI is InChI=1S/C22H21N3OS/c1-15-8-10-17(11-9-15)22(19-6-4-12-27-19)23-14-18-13-21(26)25-16(2)5-3-7-20(25)24-18/h3-13,22-23H,14H2,1-2H3/p+1/t22-/m0/s1. The van der Waals surface area contributed by atoms with Gasteiger partial charge in [0.2, 0.25) is 0 Å². The molecule has 0 unspecified atom stereocenters. The zero-order valence-corrected chi connectivity index (χ0v) is 16.2. The summed E-state index contributed by atoms with van der Waals surface area (Å²) < 4.78 is 1.65. The number of hydrogen-bond acceptors (Lipinski definition) is 3. The zero-order valence-electron chi connectivity index (χ0n) is 15.4. The maximum absolute atomic E-state index is 12.5. The van der Waals surface area contributed by atoms with Crippen molar-refractivity contribution in [2.75, 3.05) is 0 Å². The second-order valence-electron chi connectivity index (χ2n) is 6.79. The van der Waals surface area contributed by atoms with Crippen molar-refractivity contribution in [2.45, 2.75) is 26.4 Å². The molecule has 0 fully saturated rings. The van der Waals surface area contributed by atoms with Crippen LogP contribution in [-0.2, 0) is 6.54 Å². The van der Waals surface area contributed by atoms with E-state index in [1.54, 1.807) is 21.8 Å². The number of quaternary nitrogens is 1. The molecule has 136 valence electrons. The number of aromatic nitrogens is 2. The molecule has 0 saturated heterocycles. The smallest absolute Gasteiger partial charge is 0.258 e. The number of pyridine rings is 1. The summed E-state index contributed by atoms with van der Waals surface area (Å²) in [6, 6.07) is 20.5. The van der Waals surface area contributed by atoms with Crippen molar-refractivity contribution in [1.82, 2.24) is 9.38 Å². The van der Waals surface area contributed by atoms with Crippen LogP contribution in [0.3, 0.4) is 0 Å². The van der Waals surface area contributed by atoms with Crippen LogP contribution in [-0.4, -0.2) is 9.38 Å². The van der Waals surface area contributed by atoms with Gasteiger partial charge in [-0.15, -0.1) is 11.3 Å².